The molecule has 5 aliphatic rings. The maximum atomic E-state index is 10.7. The highest BCUT2D eigenvalue weighted by Gasteiger charge is 2.70. The maximum absolute atomic E-state index is 10.7. The quantitative estimate of drug-likeness (QED) is 0.412. The van der Waals surface area contributed by atoms with E-state index < -0.39 is 0 Å². The average molecular weight is 429 g/mol. The molecule has 1 N–H and O–H groups in total. The van der Waals surface area contributed by atoms with Crippen molar-refractivity contribution in [2.75, 3.05) is 0 Å². The van der Waals surface area contributed by atoms with Crippen molar-refractivity contribution in [2.45, 2.75) is 132 Å². The molecule has 5 rings (SSSR count). The fourth-order valence-corrected chi connectivity index (χ4v) is 11.4. The van der Waals surface area contributed by atoms with Crippen LogP contribution in [0.2, 0.25) is 0 Å². The number of hydrogen-bond acceptors (Lipinski definition) is 1. The predicted molar refractivity (Wildman–Crippen MR) is 131 cm³/mol. The topological polar surface area (TPSA) is 20.2 Å². The molecule has 178 valence electrons. The molecule has 0 saturated heterocycles. The minimum atomic E-state index is -0.0781. The molecule has 0 heterocycles. The summed E-state index contributed by atoms with van der Waals surface area (Å²) in [7, 11) is 0. The van der Waals surface area contributed by atoms with Crippen molar-refractivity contribution >= 4 is 0 Å². The van der Waals surface area contributed by atoms with E-state index in [0.717, 1.165) is 24.2 Å². The standard InChI is InChI=1S/C30H52O/c1-20-21(31)9-10-22-27(20,5)12-11-23-28(22,6)16-18-30(8)24-19-25(2,3)13-14-26(24,4)15-17-29(23,30)7/h20-24,31H,9-19H2,1-8H3/t20-,21-,22-,23-,24-,26+,27-,28-,29+,30-/m1/s1. The van der Waals surface area contributed by atoms with Crippen LogP contribution in [0, 0.1) is 56.2 Å². The molecule has 1 nitrogen and oxygen atoms in total. The Morgan fingerprint density at radius 3 is 1.90 bits per heavy atom. The largest absolute Gasteiger partial charge is 0.393 e. The Morgan fingerprint density at radius 1 is 0.581 bits per heavy atom. The SMILES string of the molecule is C[C@@H]1[C@H](O)CC[C@@H]2[C@]1(C)CC[C@@H]1[C@]2(C)CC[C@]2(C)[C@@H]3CC(C)(C)CC[C@@]3(C)CC[C@@]12C. The molecule has 5 fully saturated rings. The smallest absolute Gasteiger partial charge is 0.0571 e. The summed E-state index contributed by atoms with van der Waals surface area (Å²) in [6.45, 7) is 20.9. The zero-order chi connectivity index (χ0) is 22.7. The number of hydrogen-bond donors (Lipinski definition) is 1. The van der Waals surface area contributed by atoms with Crippen LogP contribution in [0.3, 0.4) is 0 Å². The van der Waals surface area contributed by atoms with E-state index in [-0.39, 0.29) is 6.10 Å². The number of aliphatic hydroxyl groups excluding tert-OH is 1. The first-order valence-corrected chi connectivity index (χ1v) is 13.9. The lowest BCUT2D eigenvalue weighted by Gasteiger charge is -2.75. The van der Waals surface area contributed by atoms with Gasteiger partial charge in [-0.2, -0.15) is 0 Å². The predicted octanol–water partition coefficient (Wildman–Crippen LogP) is 8.25. The summed E-state index contributed by atoms with van der Waals surface area (Å²) in [6, 6.07) is 0. The summed E-state index contributed by atoms with van der Waals surface area (Å²) >= 11 is 0. The van der Waals surface area contributed by atoms with Gasteiger partial charge < -0.3 is 5.11 Å². The number of fused-ring (bicyclic) bond motifs is 7. The Bertz CT molecular complexity index is 741. The molecule has 0 unspecified atom stereocenters. The number of rotatable bonds is 0. The summed E-state index contributed by atoms with van der Waals surface area (Å²) in [5, 5.41) is 10.7. The third-order valence-corrected chi connectivity index (χ3v) is 13.9. The van der Waals surface area contributed by atoms with E-state index in [9.17, 15) is 5.11 Å². The molecule has 0 amide bonds. The lowest BCUT2D eigenvalue weighted by Crippen LogP contribution is -2.67. The highest BCUT2D eigenvalue weighted by Crippen LogP contribution is 2.78. The summed E-state index contributed by atoms with van der Waals surface area (Å²) in [5.41, 5.74) is 2.88. The first kappa shape index (κ1) is 22.7. The van der Waals surface area contributed by atoms with Crippen LogP contribution < -0.4 is 0 Å². The minimum Gasteiger partial charge on any atom is -0.393 e. The van der Waals surface area contributed by atoms with Gasteiger partial charge in [-0.1, -0.05) is 55.4 Å². The highest BCUT2D eigenvalue weighted by molar-refractivity contribution is 5.19. The molecular weight excluding hydrogens is 376 g/mol. The molecule has 0 aromatic rings. The van der Waals surface area contributed by atoms with Gasteiger partial charge in [-0.3, -0.25) is 0 Å². The van der Waals surface area contributed by atoms with E-state index in [2.05, 4.69) is 55.4 Å². The van der Waals surface area contributed by atoms with Gasteiger partial charge in [-0.15, -0.1) is 0 Å². The Labute approximate surface area is 193 Å². The summed E-state index contributed by atoms with van der Waals surface area (Å²) in [5.74, 6) is 3.02. The summed E-state index contributed by atoms with van der Waals surface area (Å²) in [4.78, 5) is 0. The Balaban J connectivity index is 1.54. The van der Waals surface area contributed by atoms with Gasteiger partial charge in [0.05, 0.1) is 6.10 Å². The van der Waals surface area contributed by atoms with Crippen LogP contribution in [0.1, 0.15) is 126 Å². The Morgan fingerprint density at radius 2 is 1.19 bits per heavy atom. The van der Waals surface area contributed by atoms with Gasteiger partial charge in [0.25, 0.3) is 0 Å². The van der Waals surface area contributed by atoms with Gasteiger partial charge in [0.15, 0.2) is 0 Å². The van der Waals surface area contributed by atoms with Crippen LogP contribution in [-0.4, -0.2) is 11.2 Å². The molecule has 5 saturated carbocycles. The fourth-order valence-electron chi connectivity index (χ4n) is 11.4. The monoisotopic (exact) mass is 428 g/mol. The van der Waals surface area contributed by atoms with Gasteiger partial charge in [0.2, 0.25) is 0 Å². The molecule has 0 aromatic carbocycles. The second kappa shape index (κ2) is 6.55. The normalized spacial score (nSPS) is 60.9. The van der Waals surface area contributed by atoms with Crippen molar-refractivity contribution < 1.29 is 5.11 Å². The zero-order valence-electron chi connectivity index (χ0n) is 22.1. The van der Waals surface area contributed by atoms with E-state index >= 15 is 0 Å². The van der Waals surface area contributed by atoms with Crippen LogP contribution >= 0.6 is 0 Å². The Hall–Kier alpha value is -0.0400. The second-order valence-electron chi connectivity index (χ2n) is 15.5. The average Bonchev–Trinajstić information content (AvgIpc) is 2.69. The van der Waals surface area contributed by atoms with Gasteiger partial charge in [-0.05, 0) is 127 Å². The second-order valence-corrected chi connectivity index (χ2v) is 15.5. The molecule has 31 heavy (non-hydrogen) atoms. The summed E-state index contributed by atoms with van der Waals surface area (Å²) in [6.07, 6.45) is 15.1. The van der Waals surface area contributed by atoms with Crippen molar-refractivity contribution in [3.63, 3.8) is 0 Å². The number of aliphatic hydroxyl groups is 1. The van der Waals surface area contributed by atoms with E-state index in [1.807, 2.05) is 0 Å². The molecule has 10 atom stereocenters. The molecule has 1 heteroatoms. The molecule has 0 radical (unpaired) electrons. The van der Waals surface area contributed by atoms with Crippen LogP contribution in [0.25, 0.3) is 0 Å². The Kier molecular flexibility index (Phi) is 4.80. The lowest BCUT2D eigenvalue weighted by molar-refractivity contribution is -0.263. The van der Waals surface area contributed by atoms with Crippen molar-refractivity contribution in [3.05, 3.63) is 0 Å². The van der Waals surface area contributed by atoms with Gasteiger partial charge in [0.1, 0.15) is 0 Å². The van der Waals surface area contributed by atoms with E-state index in [1.165, 1.54) is 64.2 Å². The third kappa shape index (κ3) is 2.77. The third-order valence-electron chi connectivity index (χ3n) is 13.9. The van der Waals surface area contributed by atoms with Crippen LogP contribution in [-0.2, 0) is 0 Å². The van der Waals surface area contributed by atoms with Crippen LogP contribution in [0.15, 0.2) is 0 Å². The molecular formula is C30H52O. The van der Waals surface area contributed by atoms with Crippen molar-refractivity contribution in [3.8, 4) is 0 Å². The van der Waals surface area contributed by atoms with Gasteiger partial charge >= 0.3 is 0 Å². The van der Waals surface area contributed by atoms with Crippen molar-refractivity contribution in [1.29, 1.82) is 0 Å². The fraction of sp³-hybridized carbons (Fsp3) is 1.00. The highest BCUT2D eigenvalue weighted by atomic mass is 16.3. The van der Waals surface area contributed by atoms with E-state index in [0.29, 0.717) is 38.4 Å². The molecule has 0 aliphatic heterocycles. The molecule has 5 aliphatic carbocycles. The van der Waals surface area contributed by atoms with Crippen LogP contribution in [0.4, 0.5) is 0 Å². The zero-order valence-corrected chi connectivity index (χ0v) is 22.1. The van der Waals surface area contributed by atoms with Crippen molar-refractivity contribution in [2.24, 2.45) is 56.2 Å². The van der Waals surface area contributed by atoms with Crippen LogP contribution in [0.5, 0.6) is 0 Å². The summed E-state index contributed by atoms with van der Waals surface area (Å²) < 4.78 is 0. The first-order valence-electron chi connectivity index (χ1n) is 13.9. The first-order chi connectivity index (χ1) is 14.2. The van der Waals surface area contributed by atoms with E-state index in [1.54, 1.807) is 0 Å². The maximum Gasteiger partial charge on any atom is 0.0571 e. The van der Waals surface area contributed by atoms with Gasteiger partial charge in [-0.25, -0.2) is 0 Å². The lowest BCUT2D eigenvalue weighted by atomic mass is 9.30. The molecule has 0 spiro atoms. The molecule has 0 aromatic heterocycles. The van der Waals surface area contributed by atoms with Gasteiger partial charge in [0, 0.05) is 0 Å². The minimum absolute atomic E-state index is 0.0781. The molecule has 0 bridgehead atoms. The van der Waals surface area contributed by atoms with E-state index in [4.69, 9.17) is 0 Å². The van der Waals surface area contributed by atoms with Crippen molar-refractivity contribution in [1.82, 2.24) is 0 Å².